The molecule has 0 spiro atoms. The molecule has 3 heteroatoms. The Morgan fingerprint density at radius 1 is 1.32 bits per heavy atom. The molecule has 0 bridgehead atoms. The number of aliphatic hydroxyl groups excluding tert-OH is 1. The molecule has 0 aliphatic rings. The number of aliphatic hydroxyl groups is 1. The van der Waals surface area contributed by atoms with Gasteiger partial charge in [0.05, 0.1) is 0 Å². The first kappa shape index (κ1) is 15.7. The molecular formula is C16H25NO2. The number of rotatable bonds is 4. The van der Waals surface area contributed by atoms with Gasteiger partial charge in [-0.25, -0.2) is 0 Å². The summed E-state index contributed by atoms with van der Waals surface area (Å²) in [5.74, 6) is -0.232. The number of hydrogen-bond acceptors (Lipinski definition) is 2. The van der Waals surface area contributed by atoms with Crippen molar-refractivity contribution < 1.29 is 9.90 Å². The van der Waals surface area contributed by atoms with Crippen molar-refractivity contribution in [3.63, 3.8) is 0 Å². The van der Waals surface area contributed by atoms with Gasteiger partial charge in [-0.2, -0.15) is 0 Å². The van der Waals surface area contributed by atoms with Crippen molar-refractivity contribution >= 4 is 5.91 Å². The van der Waals surface area contributed by atoms with E-state index in [1.165, 1.54) is 16.7 Å². The van der Waals surface area contributed by atoms with Crippen molar-refractivity contribution in [2.24, 2.45) is 0 Å². The first-order valence-electron chi connectivity index (χ1n) is 6.70. The highest BCUT2D eigenvalue weighted by molar-refractivity contribution is 5.76. The van der Waals surface area contributed by atoms with Crippen molar-refractivity contribution in [2.45, 2.75) is 39.5 Å². The van der Waals surface area contributed by atoms with Gasteiger partial charge in [0, 0.05) is 13.6 Å². The number of hydrogen-bond donors (Lipinski definition) is 1. The number of nitrogens with zero attached hydrogens (tertiary/aromatic N) is 1. The summed E-state index contributed by atoms with van der Waals surface area (Å²) in [6.07, 6.45) is 0.818. The molecule has 0 atom stereocenters. The highest BCUT2D eigenvalue weighted by atomic mass is 16.3. The van der Waals surface area contributed by atoms with Crippen LogP contribution in [0.3, 0.4) is 0 Å². The number of carbonyl (C=O) groups excluding carboxylic acids is 1. The van der Waals surface area contributed by atoms with Crippen molar-refractivity contribution in [1.29, 1.82) is 0 Å². The largest absolute Gasteiger partial charge is 0.387 e. The topological polar surface area (TPSA) is 40.5 Å². The number of likely N-dealkylation sites (N-methyl/N-ethyl adjacent to an activating group) is 1. The molecule has 0 unspecified atom stereocenters. The maximum atomic E-state index is 11.3. The predicted molar refractivity (Wildman–Crippen MR) is 78.3 cm³/mol. The van der Waals surface area contributed by atoms with Gasteiger partial charge in [0.25, 0.3) is 0 Å². The first-order chi connectivity index (χ1) is 8.75. The summed E-state index contributed by atoms with van der Waals surface area (Å²) >= 11 is 0. The molecule has 0 saturated carbocycles. The first-order valence-corrected chi connectivity index (χ1v) is 6.70. The van der Waals surface area contributed by atoms with E-state index in [1.807, 2.05) is 0 Å². The minimum atomic E-state index is -0.418. The molecular weight excluding hydrogens is 238 g/mol. The van der Waals surface area contributed by atoms with Gasteiger partial charge in [0.2, 0.25) is 5.91 Å². The van der Waals surface area contributed by atoms with Crippen molar-refractivity contribution in [1.82, 2.24) is 4.90 Å². The highest BCUT2D eigenvalue weighted by Crippen LogP contribution is 2.24. The molecule has 0 aliphatic carbocycles. The van der Waals surface area contributed by atoms with E-state index < -0.39 is 6.61 Å². The molecule has 19 heavy (non-hydrogen) atoms. The zero-order valence-electron chi connectivity index (χ0n) is 12.7. The fraction of sp³-hybridized carbons (Fsp3) is 0.562. The van der Waals surface area contributed by atoms with Crippen molar-refractivity contribution in [2.75, 3.05) is 20.2 Å². The van der Waals surface area contributed by atoms with Gasteiger partial charge in [0.15, 0.2) is 0 Å². The molecule has 0 aromatic heterocycles. The van der Waals surface area contributed by atoms with Crippen molar-refractivity contribution in [3.05, 3.63) is 34.9 Å². The Morgan fingerprint density at radius 3 is 2.42 bits per heavy atom. The second-order valence-corrected chi connectivity index (χ2v) is 6.11. The fourth-order valence-electron chi connectivity index (χ4n) is 1.98. The summed E-state index contributed by atoms with van der Waals surface area (Å²) in [6, 6.07) is 6.53. The Kier molecular flexibility index (Phi) is 5.12. The van der Waals surface area contributed by atoms with Gasteiger partial charge < -0.3 is 10.0 Å². The minimum Gasteiger partial charge on any atom is -0.387 e. The SMILES string of the molecule is Cc1cc(C(C)(C)C)ccc1CCN(C)C(=O)CO. The Labute approximate surface area is 116 Å². The molecule has 1 aromatic carbocycles. The maximum absolute atomic E-state index is 11.3. The number of carbonyl (C=O) groups is 1. The zero-order valence-corrected chi connectivity index (χ0v) is 12.7. The van der Waals surface area contributed by atoms with Crippen LogP contribution in [0.15, 0.2) is 18.2 Å². The van der Waals surface area contributed by atoms with Gasteiger partial charge in [-0.15, -0.1) is 0 Å². The molecule has 0 aliphatic heterocycles. The van der Waals surface area contributed by atoms with Gasteiger partial charge in [-0.05, 0) is 35.4 Å². The van der Waals surface area contributed by atoms with Crippen LogP contribution in [-0.4, -0.2) is 36.1 Å². The van der Waals surface area contributed by atoms with Crippen LogP contribution in [0.1, 0.15) is 37.5 Å². The van der Waals surface area contributed by atoms with Crippen LogP contribution in [0, 0.1) is 6.92 Å². The van der Waals surface area contributed by atoms with Crippen LogP contribution >= 0.6 is 0 Å². The van der Waals surface area contributed by atoms with E-state index in [-0.39, 0.29) is 11.3 Å². The Morgan fingerprint density at radius 2 is 1.95 bits per heavy atom. The van der Waals surface area contributed by atoms with E-state index in [9.17, 15) is 4.79 Å². The van der Waals surface area contributed by atoms with E-state index in [1.54, 1.807) is 11.9 Å². The highest BCUT2D eigenvalue weighted by Gasteiger charge is 2.14. The Balaban J connectivity index is 2.73. The molecule has 3 nitrogen and oxygen atoms in total. The summed E-state index contributed by atoms with van der Waals surface area (Å²) in [6.45, 7) is 8.94. The molecule has 0 saturated heterocycles. The van der Waals surface area contributed by atoms with E-state index in [2.05, 4.69) is 45.9 Å². The molecule has 106 valence electrons. The molecule has 0 fully saturated rings. The second-order valence-electron chi connectivity index (χ2n) is 6.11. The molecule has 1 amide bonds. The summed E-state index contributed by atoms with van der Waals surface area (Å²) in [4.78, 5) is 12.8. The quantitative estimate of drug-likeness (QED) is 0.905. The fourth-order valence-corrected chi connectivity index (χ4v) is 1.98. The third-order valence-electron chi connectivity index (χ3n) is 3.49. The van der Waals surface area contributed by atoms with Crippen LogP contribution < -0.4 is 0 Å². The third kappa shape index (κ3) is 4.35. The zero-order chi connectivity index (χ0) is 14.6. The summed E-state index contributed by atoms with van der Waals surface area (Å²) < 4.78 is 0. The van der Waals surface area contributed by atoms with Crippen LogP contribution in [0.25, 0.3) is 0 Å². The van der Waals surface area contributed by atoms with Crippen LogP contribution in [0.2, 0.25) is 0 Å². The van der Waals surface area contributed by atoms with Crippen molar-refractivity contribution in [3.8, 4) is 0 Å². The lowest BCUT2D eigenvalue weighted by Gasteiger charge is -2.21. The van der Waals surface area contributed by atoms with Gasteiger partial charge in [-0.1, -0.05) is 39.0 Å². The van der Waals surface area contributed by atoms with E-state index in [0.29, 0.717) is 6.54 Å². The monoisotopic (exact) mass is 263 g/mol. The molecule has 0 radical (unpaired) electrons. The lowest BCUT2D eigenvalue weighted by Crippen LogP contribution is -2.31. The normalized spacial score (nSPS) is 11.5. The average Bonchev–Trinajstić information content (AvgIpc) is 2.34. The lowest BCUT2D eigenvalue weighted by atomic mass is 9.85. The molecule has 1 rings (SSSR count). The van der Waals surface area contributed by atoms with Gasteiger partial charge in [-0.3, -0.25) is 4.79 Å². The van der Waals surface area contributed by atoms with E-state index >= 15 is 0 Å². The number of benzene rings is 1. The summed E-state index contributed by atoms with van der Waals surface area (Å²) in [7, 11) is 1.72. The smallest absolute Gasteiger partial charge is 0.248 e. The molecule has 1 N–H and O–H groups in total. The van der Waals surface area contributed by atoms with Crippen LogP contribution in [0.4, 0.5) is 0 Å². The lowest BCUT2D eigenvalue weighted by molar-refractivity contribution is -0.132. The standard InChI is InChI=1S/C16H25NO2/c1-12-10-14(16(2,3)4)7-6-13(12)8-9-17(5)15(19)11-18/h6-7,10,18H,8-9,11H2,1-5H3. The van der Waals surface area contributed by atoms with Crippen LogP contribution in [0.5, 0.6) is 0 Å². The average molecular weight is 263 g/mol. The summed E-state index contributed by atoms with van der Waals surface area (Å²) in [5, 5.41) is 8.79. The second kappa shape index (κ2) is 6.20. The number of aryl methyl sites for hydroxylation is 1. The Hall–Kier alpha value is -1.35. The predicted octanol–water partition coefficient (Wildman–Crippen LogP) is 2.29. The Bertz CT molecular complexity index is 447. The minimum absolute atomic E-state index is 0.160. The maximum Gasteiger partial charge on any atom is 0.248 e. The van der Waals surface area contributed by atoms with E-state index in [4.69, 9.17) is 5.11 Å². The molecule has 1 aromatic rings. The molecule has 0 heterocycles. The van der Waals surface area contributed by atoms with E-state index in [0.717, 1.165) is 6.42 Å². The van der Waals surface area contributed by atoms with Gasteiger partial charge >= 0.3 is 0 Å². The summed E-state index contributed by atoms with van der Waals surface area (Å²) in [5.41, 5.74) is 4.00. The van der Waals surface area contributed by atoms with Crippen LogP contribution in [-0.2, 0) is 16.6 Å². The number of amides is 1. The third-order valence-corrected chi connectivity index (χ3v) is 3.49. The van der Waals surface area contributed by atoms with Gasteiger partial charge in [0.1, 0.15) is 6.61 Å².